The van der Waals surface area contributed by atoms with Crippen LogP contribution in [0, 0.1) is 17.8 Å². The van der Waals surface area contributed by atoms with E-state index in [9.17, 15) is 58.8 Å². The third-order valence-corrected chi connectivity index (χ3v) is 16.3. The number of rotatable bonds is 20. The number of phenolic OH excluding ortho intramolecular Hbond substituents is 2. The van der Waals surface area contributed by atoms with Gasteiger partial charge in [0.25, 0.3) is 5.91 Å². The van der Waals surface area contributed by atoms with E-state index in [2.05, 4.69) is 16.7 Å². The normalized spacial score (nSPS) is 26.4. The van der Waals surface area contributed by atoms with Crippen molar-refractivity contribution in [3.05, 3.63) is 93.1 Å². The molecule has 4 heterocycles. The Hall–Kier alpha value is -7.74. The number of carbonyl (C=O) groups excluding carboxylic acids is 6. The first-order chi connectivity index (χ1) is 39.9. The first-order valence-electron chi connectivity index (χ1n) is 29.2. The molecule has 462 valence electrons. The van der Waals surface area contributed by atoms with Gasteiger partial charge in [-0.1, -0.05) is 81.6 Å². The second kappa shape index (κ2) is 27.1. The van der Waals surface area contributed by atoms with Crippen LogP contribution in [0.1, 0.15) is 186 Å². The van der Waals surface area contributed by atoms with Gasteiger partial charge in [-0.2, -0.15) is 0 Å². The molecule has 1 spiro atoms. The highest BCUT2D eigenvalue weighted by Gasteiger charge is 2.77. The summed E-state index contributed by atoms with van der Waals surface area (Å²) < 4.78 is 37.1. The number of benzene rings is 2. The maximum absolute atomic E-state index is 14.7. The van der Waals surface area contributed by atoms with E-state index in [1.54, 1.807) is 26.0 Å². The standard InChI is InChI=1S/C38H46O9.C27H38N2O9/c1-21(2)11-10-18-36(8)19-17-24-29(39)28-30(40)26-12-9-13-27-35(6,7)47-37(34(43)44,20-16-23(5)33(41)42)38(26,27)46-32(28)25(31(24)45-36)15-14-22(3)4;1-6-7-8-10-19-24(38-21(31)13-15(2)3)17(5)37-27(35)22(16(4)36-26(19)34)29-25(33)18-11-9-12-20(23(18)32)28-14-30/h11-12,14,16-17,19,27,39H,9-10,13,15,18,20H2,1-8H3,(H,41,42)(H,43,44);9,11-12,14-17,19,22,24,32H,6-8,10,13H2,1-5H3,(H,28,30)(H,29,33). The number of nitrogens with one attached hydrogen (secondary N) is 2. The van der Waals surface area contributed by atoms with Crippen molar-refractivity contribution in [2.24, 2.45) is 17.8 Å². The fourth-order valence-electron chi connectivity index (χ4n) is 11.9. The van der Waals surface area contributed by atoms with Crippen molar-refractivity contribution in [2.45, 2.75) is 207 Å². The van der Waals surface area contributed by atoms with Crippen LogP contribution in [0.15, 0.2) is 70.9 Å². The number of carboxylic acids is 2. The summed E-state index contributed by atoms with van der Waals surface area (Å²) in [6, 6.07) is 2.71. The Kier molecular flexibility index (Phi) is 21.2. The number of aromatic hydroxyl groups is 2. The Morgan fingerprint density at radius 3 is 2.18 bits per heavy atom. The third kappa shape index (κ3) is 14.0. The highest BCUT2D eigenvalue weighted by molar-refractivity contribution is 6.17. The molecule has 2 saturated heterocycles. The van der Waals surface area contributed by atoms with Crippen LogP contribution in [-0.4, -0.2) is 115 Å². The van der Waals surface area contributed by atoms with Crippen LogP contribution in [0.2, 0.25) is 0 Å². The molecular weight excluding hydrogens is 1100 g/mol. The topological polar surface area (TPSA) is 297 Å². The molecule has 0 aromatic heterocycles. The molecule has 2 aromatic rings. The summed E-state index contributed by atoms with van der Waals surface area (Å²) in [4.78, 5) is 103. The van der Waals surface area contributed by atoms with Gasteiger partial charge >= 0.3 is 29.8 Å². The molecule has 1 aliphatic carbocycles. The zero-order valence-electron chi connectivity index (χ0n) is 51.1. The van der Waals surface area contributed by atoms with Gasteiger partial charge in [0.15, 0.2) is 29.3 Å². The Bertz CT molecular complexity index is 3100. The summed E-state index contributed by atoms with van der Waals surface area (Å²) in [6.45, 7) is 23.6. The van der Waals surface area contributed by atoms with Crippen LogP contribution in [0.5, 0.6) is 23.0 Å². The number of carbonyl (C=O) groups is 8. The van der Waals surface area contributed by atoms with Gasteiger partial charge in [0.05, 0.1) is 28.3 Å². The molecule has 9 unspecified atom stereocenters. The lowest BCUT2D eigenvalue weighted by molar-refractivity contribution is -0.184. The number of cyclic esters (lactones) is 2. The van der Waals surface area contributed by atoms with Gasteiger partial charge < -0.3 is 59.5 Å². The molecule has 2 aromatic carbocycles. The highest BCUT2D eigenvalue weighted by atomic mass is 16.6. The number of anilines is 1. The Morgan fingerprint density at radius 2 is 1.55 bits per heavy atom. The number of esters is 3. The molecular formula is C65H84N2O18. The van der Waals surface area contributed by atoms with Gasteiger partial charge in [-0.25, -0.2) is 14.4 Å². The van der Waals surface area contributed by atoms with Crippen LogP contribution in [-0.2, 0) is 54.1 Å². The zero-order chi connectivity index (χ0) is 63.1. The lowest BCUT2D eigenvalue weighted by Gasteiger charge is -2.50. The average Bonchev–Trinajstić information content (AvgIpc) is 1.59. The molecule has 85 heavy (non-hydrogen) atoms. The van der Waals surface area contributed by atoms with E-state index in [4.69, 9.17) is 28.4 Å². The predicted octanol–water partition coefficient (Wildman–Crippen LogP) is 10.6. The molecule has 9 atom stereocenters. The van der Waals surface area contributed by atoms with Crippen LogP contribution in [0.3, 0.4) is 0 Å². The minimum atomic E-state index is -2.16. The van der Waals surface area contributed by atoms with Crippen molar-refractivity contribution < 1.29 is 87.2 Å². The number of hydrogen-bond acceptors (Lipinski definition) is 16. The van der Waals surface area contributed by atoms with Crippen molar-refractivity contribution in [2.75, 3.05) is 5.32 Å². The Labute approximate surface area is 497 Å². The number of aliphatic carboxylic acids is 2. The maximum Gasteiger partial charge on any atom is 0.340 e. The van der Waals surface area contributed by atoms with E-state index in [1.165, 1.54) is 50.6 Å². The number of hydrogen-bond donors (Lipinski definition) is 6. The third-order valence-electron chi connectivity index (χ3n) is 16.3. The number of allylic oxidation sites excluding steroid dienone is 5. The second-order valence-corrected chi connectivity index (χ2v) is 24.3. The molecule has 20 heteroatoms. The molecule has 2 fully saturated rings. The lowest BCUT2D eigenvalue weighted by atomic mass is 9.60. The molecule has 7 rings (SSSR count). The van der Waals surface area contributed by atoms with E-state index in [-0.39, 0.29) is 58.2 Å². The number of unbranched alkanes of at least 4 members (excludes halogenated alkanes) is 2. The highest BCUT2D eigenvalue weighted by Crippen LogP contribution is 2.64. The largest absolute Gasteiger partial charge is 0.506 e. The minimum Gasteiger partial charge on any atom is -0.506 e. The molecule has 0 radical (unpaired) electrons. The van der Waals surface area contributed by atoms with Crippen molar-refractivity contribution in [1.29, 1.82) is 0 Å². The summed E-state index contributed by atoms with van der Waals surface area (Å²) in [5.74, 6) is -7.80. The van der Waals surface area contributed by atoms with Gasteiger partial charge in [-0.3, -0.25) is 24.0 Å². The molecule has 0 saturated carbocycles. The van der Waals surface area contributed by atoms with Crippen molar-refractivity contribution >= 4 is 59.7 Å². The van der Waals surface area contributed by atoms with Crippen LogP contribution >= 0.6 is 0 Å². The van der Waals surface area contributed by atoms with Crippen LogP contribution in [0.4, 0.5) is 5.69 Å². The first-order valence-corrected chi connectivity index (χ1v) is 29.2. The predicted molar refractivity (Wildman–Crippen MR) is 315 cm³/mol. The maximum atomic E-state index is 14.7. The number of carboxylic acid groups (broad SMARTS) is 2. The van der Waals surface area contributed by atoms with Gasteiger partial charge in [0, 0.05) is 35.5 Å². The van der Waals surface area contributed by atoms with Crippen molar-refractivity contribution in [3.63, 3.8) is 0 Å². The minimum absolute atomic E-state index is 0.00114. The van der Waals surface area contributed by atoms with E-state index < -0.39 is 106 Å². The summed E-state index contributed by atoms with van der Waals surface area (Å²) in [7, 11) is 0. The Morgan fingerprint density at radius 1 is 0.871 bits per heavy atom. The summed E-state index contributed by atoms with van der Waals surface area (Å²) >= 11 is 0. The number of para-hydroxylation sites is 1. The molecule has 2 amide bonds. The average molecular weight is 1180 g/mol. The smallest absolute Gasteiger partial charge is 0.340 e. The lowest BCUT2D eigenvalue weighted by Crippen LogP contribution is -2.66. The van der Waals surface area contributed by atoms with Gasteiger partial charge in [-0.15, -0.1) is 0 Å². The van der Waals surface area contributed by atoms with Crippen molar-refractivity contribution in [1.82, 2.24) is 5.32 Å². The first kappa shape index (κ1) is 66.4. The molecule has 4 aliphatic heterocycles. The Balaban J connectivity index is 0.000000279. The van der Waals surface area contributed by atoms with Gasteiger partial charge in [0.1, 0.15) is 40.6 Å². The van der Waals surface area contributed by atoms with Crippen LogP contribution < -0.4 is 20.1 Å². The molecule has 6 N–H and O–H groups in total. The van der Waals surface area contributed by atoms with Gasteiger partial charge in [0.2, 0.25) is 12.0 Å². The number of fused-ring (bicyclic) bond motifs is 2. The van der Waals surface area contributed by atoms with E-state index in [0.717, 1.165) is 24.8 Å². The fraction of sp³-hybridized carbons (Fsp3) is 0.538. The SMILES string of the molecule is CC(C)=CCCC1(C)C=Cc2c(O)c3c(c(CC=C(C)C)c2O1)OC12C(=CCCC1C(C)(C)OC2(CC=C(C)C(=O)O)C(=O)O)C3=O.CCCCCC1C(=O)OC(C)C(NC(=O)c2cccc(NC=O)c2O)C(=O)OC(C)C1OC(=O)CC(C)C. The summed E-state index contributed by atoms with van der Waals surface area (Å²) in [6.07, 6.45) is 13.2. The zero-order valence-corrected chi connectivity index (χ0v) is 51.1. The van der Waals surface area contributed by atoms with E-state index in [0.29, 0.717) is 61.8 Å². The summed E-state index contributed by atoms with van der Waals surface area (Å²) in [5.41, 5.74) is -2.88. The van der Waals surface area contributed by atoms with Gasteiger partial charge in [-0.05, 0) is 138 Å². The molecule has 20 nitrogen and oxygen atoms in total. The number of Topliss-reactive ketones (excluding diaryl/α,β-unsaturated/α-hetero) is 1. The quantitative estimate of drug-likeness (QED) is 0.0137. The van der Waals surface area contributed by atoms with Crippen LogP contribution in [0.25, 0.3) is 6.08 Å². The molecule has 5 aliphatic rings. The molecule has 0 bridgehead atoms. The number of amides is 2. The monoisotopic (exact) mass is 1180 g/mol. The van der Waals surface area contributed by atoms with Crippen molar-refractivity contribution in [3.8, 4) is 23.0 Å². The number of phenols is 2. The summed E-state index contributed by atoms with van der Waals surface area (Å²) in [5, 5.41) is 47.5. The van der Waals surface area contributed by atoms with E-state index in [1.807, 2.05) is 67.5 Å². The number of ketones is 1. The fourth-order valence-corrected chi connectivity index (χ4v) is 11.9. The van der Waals surface area contributed by atoms with E-state index >= 15 is 0 Å². The second-order valence-electron chi connectivity index (χ2n) is 24.3. The number of ether oxygens (including phenoxy) is 6.